The highest BCUT2D eigenvalue weighted by Crippen LogP contribution is 2.18. The summed E-state index contributed by atoms with van der Waals surface area (Å²) in [6, 6.07) is 8.78. The van der Waals surface area contributed by atoms with Gasteiger partial charge in [0, 0.05) is 39.0 Å². The molecule has 1 heterocycles. The summed E-state index contributed by atoms with van der Waals surface area (Å²) in [5.41, 5.74) is 2.59. The molecule has 1 aliphatic heterocycles. The van der Waals surface area contributed by atoms with Crippen LogP contribution in [0, 0.1) is 0 Å². The van der Waals surface area contributed by atoms with Crippen LogP contribution in [0.1, 0.15) is 12.5 Å². The zero-order valence-electron chi connectivity index (χ0n) is 11.9. The van der Waals surface area contributed by atoms with Crippen molar-refractivity contribution in [2.45, 2.75) is 19.6 Å². The lowest BCUT2D eigenvalue weighted by atomic mass is 10.1. The van der Waals surface area contributed by atoms with Gasteiger partial charge in [0.15, 0.2) is 0 Å². The van der Waals surface area contributed by atoms with Gasteiger partial charge in [-0.2, -0.15) is 0 Å². The molecule has 1 aliphatic rings. The van der Waals surface area contributed by atoms with Crippen molar-refractivity contribution in [1.29, 1.82) is 0 Å². The van der Waals surface area contributed by atoms with Gasteiger partial charge < -0.3 is 19.7 Å². The molecule has 1 N–H and O–H groups in total. The van der Waals surface area contributed by atoms with Gasteiger partial charge in [-0.3, -0.25) is 0 Å². The first kappa shape index (κ1) is 14.3. The van der Waals surface area contributed by atoms with E-state index in [2.05, 4.69) is 41.4 Å². The van der Waals surface area contributed by atoms with Crippen molar-refractivity contribution in [3.8, 4) is 0 Å². The lowest BCUT2D eigenvalue weighted by Gasteiger charge is -2.33. The predicted octanol–water partition coefficient (Wildman–Crippen LogP) is 1.65. The molecule has 0 bridgehead atoms. The van der Waals surface area contributed by atoms with Crippen LogP contribution in [0.3, 0.4) is 0 Å². The summed E-state index contributed by atoms with van der Waals surface area (Å²) >= 11 is 0. The molecule has 0 aliphatic carbocycles. The molecule has 0 spiro atoms. The number of nitrogens with one attached hydrogen (secondary N) is 1. The fraction of sp³-hybridized carbons (Fsp3) is 0.600. The molecule has 0 radical (unpaired) electrons. The first-order valence-corrected chi connectivity index (χ1v) is 6.94. The van der Waals surface area contributed by atoms with E-state index in [0.29, 0.717) is 6.10 Å². The number of ether oxygens (including phenoxy) is 2. The van der Waals surface area contributed by atoms with E-state index >= 15 is 0 Å². The molecule has 1 saturated heterocycles. The number of hydrogen-bond acceptors (Lipinski definition) is 4. The Hall–Kier alpha value is -1.10. The van der Waals surface area contributed by atoms with E-state index in [9.17, 15) is 0 Å². The molecule has 0 aromatic heterocycles. The normalized spacial score (nSPS) is 19.7. The van der Waals surface area contributed by atoms with Crippen LogP contribution in [0.4, 0.5) is 5.69 Å². The molecule has 4 nitrogen and oxygen atoms in total. The third-order valence-corrected chi connectivity index (χ3v) is 3.35. The Balaban J connectivity index is 1.83. The average molecular weight is 264 g/mol. The smallest absolute Gasteiger partial charge is 0.0722 e. The maximum absolute atomic E-state index is 5.57. The van der Waals surface area contributed by atoms with Crippen LogP contribution in [0.5, 0.6) is 0 Å². The van der Waals surface area contributed by atoms with Crippen molar-refractivity contribution in [2.75, 3.05) is 44.9 Å². The molecule has 1 unspecified atom stereocenters. The molecule has 1 aromatic rings. The largest absolute Gasteiger partial charge is 0.383 e. The SMILES string of the molecule is COCCNCc1ccc(N2CCOC(C)C2)cc1. The van der Waals surface area contributed by atoms with Crippen LogP contribution in [-0.4, -0.2) is 46.1 Å². The molecule has 0 amide bonds. The highest BCUT2D eigenvalue weighted by molar-refractivity contribution is 5.48. The number of methoxy groups -OCH3 is 1. The first-order valence-electron chi connectivity index (χ1n) is 6.94. The molecule has 2 rings (SSSR count). The van der Waals surface area contributed by atoms with E-state index in [4.69, 9.17) is 9.47 Å². The molecule has 0 saturated carbocycles. The van der Waals surface area contributed by atoms with Gasteiger partial charge in [0.25, 0.3) is 0 Å². The Morgan fingerprint density at radius 1 is 1.37 bits per heavy atom. The second-order valence-corrected chi connectivity index (χ2v) is 4.96. The Labute approximate surface area is 115 Å². The number of hydrogen-bond donors (Lipinski definition) is 1. The maximum atomic E-state index is 5.57. The van der Waals surface area contributed by atoms with Gasteiger partial charge in [0.2, 0.25) is 0 Å². The molecular formula is C15H24N2O2. The maximum Gasteiger partial charge on any atom is 0.0722 e. The molecule has 1 fully saturated rings. The van der Waals surface area contributed by atoms with Crippen molar-refractivity contribution in [3.63, 3.8) is 0 Å². The molecular weight excluding hydrogens is 240 g/mol. The van der Waals surface area contributed by atoms with E-state index < -0.39 is 0 Å². The van der Waals surface area contributed by atoms with Crippen LogP contribution in [0.15, 0.2) is 24.3 Å². The summed E-state index contributed by atoms with van der Waals surface area (Å²) in [6.07, 6.45) is 0.323. The minimum atomic E-state index is 0.323. The summed E-state index contributed by atoms with van der Waals surface area (Å²) in [7, 11) is 1.72. The lowest BCUT2D eigenvalue weighted by Crippen LogP contribution is -2.41. The van der Waals surface area contributed by atoms with Crippen molar-refractivity contribution in [3.05, 3.63) is 29.8 Å². The second kappa shape index (κ2) is 7.48. The van der Waals surface area contributed by atoms with E-state index in [0.717, 1.165) is 39.4 Å². The molecule has 1 aromatic carbocycles. The van der Waals surface area contributed by atoms with Crippen molar-refractivity contribution < 1.29 is 9.47 Å². The van der Waals surface area contributed by atoms with Crippen LogP contribution >= 0.6 is 0 Å². The van der Waals surface area contributed by atoms with Gasteiger partial charge >= 0.3 is 0 Å². The van der Waals surface area contributed by atoms with Crippen LogP contribution in [-0.2, 0) is 16.0 Å². The van der Waals surface area contributed by atoms with E-state index in [-0.39, 0.29) is 0 Å². The van der Waals surface area contributed by atoms with Crippen LogP contribution < -0.4 is 10.2 Å². The minimum absolute atomic E-state index is 0.323. The summed E-state index contributed by atoms with van der Waals surface area (Å²) in [5.74, 6) is 0. The summed E-state index contributed by atoms with van der Waals surface area (Å²) < 4.78 is 10.6. The number of benzene rings is 1. The number of rotatable bonds is 6. The van der Waals surface area contributed by atoms with E-state index in [1.807, 2.05) is 0 Å². The van der Waals surface area contributed by atoms with Crippen LogP contribution in [0.25, 0.3) is 0 Å². The van der Waals surface area contributed by atoms with E-state index in [1.165, 1.54) is 11.3 Å². The van der Waals surface area contributed by atoms with Gasteiger partial charge in [-0.25, -0.2) is 0 Å². The zero-order chi connectivity index (χ0) is 13.5. The Morgan fingerprint density at radius 3 is 2.84 bits per heavy atom. The quantitative estimate of drug-likeness (QED) is 0.792. The Kier molecular flexibility index (Phi) is 5.63. The molecule has 19 heavy (non-hydrogen) atoms. The fourth-order valence-corrected chi connectivity index (χ4v) is 2.28. The first-order chi connectivity index (χ1) is 9.29. The Morgan fingerprint density at radius 2 is 2.16 bits per heavy atom. The van der Waals surface area contributed by atoms with Crippen LogP contribution in [0.2, 0.25) is 0 Å². The monoisotopic (exact) mass is 264 g/mol. The van der Waals surface area contributed by atoms with Gasteiger partial charge in [-0.15, -0.1) is 0 Å². The molecule has 1 atom stereocenters. The number of morpholine rings is 1. The number of nitrogens with zero attached hydrogens (tertiary/aromatic N) is 1. The lowest BCUT2D eigenvalue weighted by molar-refractivity contribution is 0.0532. The summed E-state index contributed by atoms with van der Waals surface area (Å²) in [4.78, 5) is 2.39. The van der Waals surface area contributed by atoms with Gasteiger partial charge in [0.1, 0.15) is 0 Å². The van der Waals surface area contributed by atoms with E-state index in [1.54, 1.807) is 7.11 Å². The highest BCUT2D eigenvalue weighted by atomic mass is 16.5. The van der Waals surface area contributed by atoms with Crippen molar-refractivity contribution in [1.82, 2.24) is 5.32 Å². The topological polar surface area (TPSA) is 33.7 Å². The highest BCUT2D eigenvalue weighted by Gasteiger charge is 2.16. The fourth-order valence-electron chi connectivity index (χ4n) is 2.28. The molecule has 4 heteroatoms. The van der Waals surface area contributed by atoms with Crippen molar-refractivity contribution >= 4 is 5.69 Å². The third-order valence-electron chi connectivity index (χ3n) is 3.35. The minimum Gasteiger partial charge on any atom is -0.383 e. The third kappa shape index (κ3) is 4.49. The summed E-state index contributed by atoms with van der Waals surface area (Å²) in [5, 5.41) is 3.35. The zero-order valence-corrected chi connectivity index (χ0v) is 11.9. The van der Waals surface area contributed by atoms with Gasteiger partial charge in [-0.1, -0.05) is 12.1 Å². The van der Waals surface area contributed by atoms with Gasteiger partial charge in [-0.05, 0) is 24.6 Å². The summed E-state index contributed by atoms with van der Waals surface area (Å²) in [6.45, 7) is 7.44. The Bertz CT molecular complexity index is 367. The predicted molar refractivity (Wildman–Crippen MR) is 77.7 cm³/mol. The van der Waals surface area contributed by atoms with Crippen molar-refractivity contribution in [2.24, 2.45) is 0 Å². The average Bonchev–Trinajstić information content (AvgIpc) is 2.44. The standard InChI is InChI=1S/C15H24N2O2/c1-13-12-17(8-10-19-13)15-5-3-14(4-6-15)11-16-7-9-18-2/h3-6,13,16H,7-12H2,1-2H3. The number of anilines is 1. The van der Waals surface area contributed by atoms with Gasteiger partial charge in [0.05, 0.1) is 19.3 Å². The molecule has 106 valence electrons. The second-order valence-electron chi connectivity index (χ2n) is 4.96.